The Bertz CT molecular complexity index is 2930. The minimum Gasteiger partial charge on any atom is -0.456 e. The maximum atomic E-state index is 6.18. The molecule has 10 rings (SSSR count). The molecule has 0 saturated heterocycles. The monoisotopic (exact) mass is 936 g/mol. The van der Waals surface area contributed by atoms with Gasteiger partial charge in [0.05, 0.1) is 16.9 Å². The summed E-state index contributed by atoms with van der Waals surface area (Å²) in [6, 6.07) is 51.8. The fourth-order valence-electron chi connectivity index (χ4n) is 7.65. The molecule has 10 aromatic rings. The molecule has 4 nitrogen and oxygen atoms in total. The fraction of sp³-hybridized carbons (Fsp3) is 0.137. The van der Waals surface area contributed by atoms with Crippen LogP contribution >= 0.6 is 11.3 Å². The predicted molar refractivity (Wildman–Crippen MR) is 235 cm³/mol. The van der Waals surface area contributed by atoms with E-state index in [1.54, 1.807) is 17.5 Å². The molecule has 283 valence electrons. The van der Waals surface area contributed by atoms with Gasteiger partial charge in [-0.1, -0.05) is 122 Å². The largest absolute Gasteiger partial charge is 0.456 e. The summed E-state index contributed by atoms with van der Waals surface area (Å²) >= 11 is 1.66. The standard InChI is InChI=1S/C40H33N2OS.C11H8N.Ir/c1-23(2)28-9-8-10-29(24(3)4)39(28)42-35-12-7-6-11-34(35)41-40(42)33-22-44-38-18-15-27(21-32(33)38)26-14-17-36-31(20-26)30-16-13-25(5)19-37(30)43-36;1-2-6-10(7-3-1)11-8-4-5-9-12-11;/h6-21,23-24H,1-5H3;1-6,8-9H;/q2*-1;. The third-order valence-electron chi connectivity index (χ3n) is 10.5. The molecule has 0 amide bonds. The van der Waals surface area contributed by atoms with E-state index in [1.165, 1.54) is 43.6 Å². The van der Waals surface area contributed by atoms with Crippen LogP contribution in [0.5, 0.6) is 0 Å². The number of thiophene rings is 1. The fourth-order valence-corrected chi connectivity index (χ4v) is 8.47. The zero-order valence-corrected chi connectivity index (χ0v) is 35.7. The van der Waals surface area contributed by atoms with E-state index in [1.807, 2.05) is 42.5 Å². The van der Waals surface area contributed by atoms with Gasteiger partial charge in [-0.3, -0.25) is 16.3 Å². The van der Waals surface area contributed by atoms with E-state index in [4.69, 9.17) is 9.40 Å². The van der Waals surface area contributed by atoms with Crippen LogP contribution in [0.3, 0.4) is 0 Å². The topological polar surface area (TPSA) is 43.9 Å². The van der Waals surface area contributed by atoms with Crippen molar-refractivity contribution in [2.75, 3.05) is 0 Å². The van der Waals surface area contributed by atoms with E-state index in [0.29, 0.717) is 11.8 Å². The van der Waals surface area contributed by atoms with Crippen molar-refractivity contribution < 1.29 is 24.5 Å². The third kappa shape index (κ3) is 7.26. The number of pyridine rings is 1. The van der Waals surface area contributed by atoms with Gasteiger partial charge in [-0.25, -0.2) is 0 Å². The van der Waals surface area contributed by atoms with Crippen molar-refractivity contribution in [2.24, 2.45) is 0 Å². The Hall–Kier alpha value is -5.65. The Morgan fingerprint density at radius 2 is 1.40 bits per heavy atom. The van der Waals surface area contributed by atoms with Crippen LogP contribution in [-0.4, -0.2) is 14.5 Å². The number of nitrogens with zero attached hydrogens (tertiary/aromatic N) is 3. The first-order valence-electron chi connectivity index (χ1n) is 19.2. The van der Waals surface area contributed by atoms with Crippen LogP contribution in [0.15, 0.2) is 150 Å². The number of rotatable bonds is 6. The van der Waals surface area contributed by atoms with Crippen molar-refractivity contribution in [1.82, 2.24) is 14.5 Å². The Morgan fingerprint density at radius 3 is 2.14 bits per heavy atom. The molecule has 0 aliphatic heterocycles. The number of benzene rings is 6. The minimum absolute atomic E-state index is 0. The van der Waals surface area contributed by atoms with Crippen molar-refractivity contribution in [3.05, 3.63) is 174 Å². The summed E-state index contributed by atoms with van der Waals surface area (Å²) < 4.78 is 9.78. The molecule has 0 spiro atoms. The third-order valence-corrected chi connectivity index (χ3v) is 11.4. The molecule has 0 aliphatic carbocycles. The van der Waals surface area contributed by atoms with Gasteiger partial charge < -0.3 is 14.0 Å². The second kappa shape index (κ2) is 16.1. The molecule has 0 atom stereocenters. The van der Waals surface area contributed by atoms with Gasteiger partial charge in [0.15, 0.2) is 0 Å². The molecule has 6 heteroatoms. The molecule has 0 bridgehead atoms. The zero-order chi connectivity index (χ0) is 38.3. The van der Waals surface area contributed by atoms with Gasteiger partial charge in [-0.05, 0) is 88.7 Å². The molecule has 0 unspecified atom stereocenters. The first-order chi connectivity index (χ1) is 27.3. The molecule has 0 fully saturated rings. The van der Waals surface area contributed by atoms with Gasteiger partial charge in [0, 0.05) is 42.8 Å². The number of para-hydroxylation sites is 3. The van der Waals surface area contributed by atoms with Gasteiger partial charge in [0.25, 0.3) is 0 Å². The van der Waals surface area contributed by atoms with Gasteiger partial charge in [-0.15, -0.1) is 41.3 Å². The molecule has 4 aromatic heterocycles. The van der Waals surface area contributed by atoms with Crippen molar-refractivity contribution in [2.45, 2.75) is 46.5 Å². The number of imidazole rings is 1. The Kier molecular flexibility index (Phi) is 10.8. The van der Waals surface area contributed by atoms with E-state index in [9.17, 15) is 0 Å². The molecule has 0 N–H and O–H groups in total. The van der Waals surface area contributed by atoms with E-state index < -0.39 is 0 Å². The normalized spacial score (nSPS) is 11.4. The van der Waals surface area contributed by atoms with Crippen LogP contribution in [0.1, 0.15) is 56.2 Å². The van der Waals surface area contributed by atoms with Gasteiger partial charge >= 0.3 is 0 Å². The van der Waals surface area contributed by atoms with Crippen molar-refractivity contribution in [1.29, 1.82) is 0 Å². The van der Waals surface area contributed by atoms with Crippen molar-refractivity contribution >= 4 is 54.4 Å². The van der Waals surface area contributed by atoms with E-state index in [0.717, 1.165) is 55.6 Å². The quantitative estimate of drug-likeness (QED) is 0.156. The summed E-state index contributed by atoms with van der Waals surface area (Å²) in [4.78, 5) is 9.50. The van der Waals surface area contributed by atoms with Crippen LogP contribution in [0, 0.1) is 18.4 Å². The molecular formula is C51H41IrN3OS-2. The number of aromatic nitrogens is 3. The van der Waals surface area contributed by atoms with Crippen LogP contribution in [-0.2, 0) is 20.1 Å². The Balaban J connectivity index is 0.000000300. The minimum atomic E-state index is 0. The summed E-state index contributed by atoms with van der Waals surface area (Å²) in [5.41, 5.74) is 14.5. The average Bonchev–Trinajstić information content (AvgIpc) is 3.93. The number of aryl methyl sites for hydroxylation is 1. The van der Waals surface area contributed by atoms with Gasteiger partial charge in [-0.2, -0.15) is 0 Å². The second-order valence-electron chi connectivity index (χ2n) is 14.9. The first-order valence-corrected chi connectivity index (χ1v) is 20.0. The van der Waals surface area contributed by atoms with Crippen LogP contribution in [0.2, 0.25) is 0 Å². The molecule has 57 heavy (non-hydrogen) atoms. The van der Waals surface area contributed by atoms with E-state index in [-0.39, 0.29) is 20.1 Å². The Morgan fingerprint density at radius 1 is 0.667 bits per heavy atom. The smallest absolute Gasteiger partial charge is 0.135 e. The molecule has 0 aliphatic rings. The Labute approximate surface area is 351 Å². The maximum absolute atomic E-state index is 6.18. The number of hydrogen-bond donors (Lipinski definition) is 0. The molecule has 6 aromatic carbocycles. The maximum Gasteiger partial charge on any atom is 0.135 e. The van der Waals surface area contributed by atoms with Crippen molar-refractivity contribution in [3.63, 3.8) is 0 Å². The average molecular weight is 936 g/mol. The summed E-state index contributed by atoms with van der Waals surface area (Å²) in [6.07, 6.45) is 1.79. The van der Waals surface area contributed by atoms with Crippen LogP contribution < -0.4 is 0 Å². The molecule has 0 saturated carbocycles. The summed E-state index contributed by atoms with van der Waals surface area (Å²) in [7, 11) is 0. The zero-order valence-electron chi connectivity index (χ0n) is 32.5. The first kappa shape index (κ1) is 38.2. The molecule has 1 radical (unpaired) electrons. The SMILES string of the molecule is Cc1ccc2c(c1)oc1ccc(-c3ccc4s[c-]c(-c5nc6ccccc6n5-c5c(C(C)C)cccc5C(C)C)c4c3)cc12.[Ir].[c-]1ccccc1-c1ccccn1. The van der Waals surface area contributed by atoms with E-state index >= 15 is 0 Å². The summed E-state index contributed by atoms with van der Waals surface area (Å²) in [6.45, 7) is 11.2. The second-order valence-corrected chi connectivity index (χ2v) is 15.8. The van der Waals surface area contributed by atoms with Crippen LogP contribution in [0.4, 0.5) is 0 Å². The predicted octanol–water partition coefficient (Wildman–Crippen LogP) is 14.4. The number of furan rings is 1. The van der Waals surface area contributed by atoms with Crippen LogP contribution in [0.25, 0.3) is 82.5 Å². The van der Waals surface area contributed by atoms with Gasteiger partial charge in [0.2, 0.25) is 0 Å². The summed E-state index contributed by atoms with van der Waals surface area (Å²) in [5, 5.41) is 7.14. The number of fused-ring (bicyclic) bond motifs is 5. The molecular weight excluding hydrogens is 895 g/mol. The van der Waals surface area contributed by atoms with E-state index in [2.05, 4.69) is 153 Å². The van der Waals surface area contributed by atoms with Gasteiger partial charge in [0.1, 0.15) is 11.2 Å². The molecule has 4 heterocycles. The van der Waals surface area contributed by atoms with Crippen molar-refractivity contribution in [3.8, 4) is 39.5 Å². The number of hydrogen-bond acceptors (Lipinski definition) is 4. The summed E-state index contributed by atoms with van der Waals surface area (Å²) in [5.74, 6) is 1.67.